The van der Waals surface area contributed by atoms with Crippen molar-refractivity contribution in [3.63, 3.8) is 0 Å². The van der Waals surface area contributed by atoms with Gasteiger partial charge in [-0.3, -0.25) is 4.79 Å². The fourth-order valence-corrected chi connectivity index (χ4v) is 2.38. The molecule has 5 nitrogen and oxygen atoms in total. The second-order valence-electron chi connectivity index (χ2n) is 5.65. The maximum atomic E-state index is 12.0. The number of likely N-dealkylation sites (N-methyl/N-ethyl adjacent to an activating group) is 1. The molecule has 5 heteroatoms. The Morgan fingerprint density at radius 1 is 1.21 bits per heavy atom. The number of aliphatic hydroxyl groups is 1. The molecule has 1 amide bonds. The lowest BCUT2D eigenvalue weighted by Gasteiger charge is -2.33. The Morgan fingerprint density at radius 3 is 2.26 bits per heavy atom. The number of nitrogens with zero attached hydrogens (tertiary/aromatic N) is 2. The van der Waals surface area contributed by atoms with E-state index in [9.17, 15) is 9.90 Å². The van der Waals surface area contributed by atoms with Gasteiger partial charge in [-0.15, -0.1) is 0 Å². The molecular formula is C14H29N3O2. The van der Waals surface area contributed by atoms with Gasteiger partial charge >= 0.3 is 0 Å². The minimum atomic E-state index is -0.0810. The lowest BCUT2D eigenvalue weighted by molar-refractivity contribution is -0.131. The van der Waals surface area contributed by atoms with E-state index in [1.807, 2.05) is 4.90 Å². The summed E-state index contributed by atoms with van der Waals surface area (Å²) in [5.74, 6) is 0.173. The lowest BCUT2D eigenvalue weighted by atomic mass is 9.83. The Balaban J connectivity index is 2.30. The van der Waals surface area contributed by atoms with Crippen LogP contribution in [0.15, 0.2) is 0 Å². The summed E-state index contributed by atoms with van der Waals surface area (Å²) in [6.07, 6.45) is 1.85. The van der Waals surface area contributed by atoms with Crippen molar-refractivity contribution in [1.29, 1.82) is 0 Å². The van der Waals surface area contributed by atoms with Gasteiger partial charge in [0.25, 0.3) is 0 Å². The summed E-state index contributed by atoms with van der Waals surface area (Å²) in [5.41, 5.74) is -0.0810. The smallest absolute Gasteiger partial charge is 0.236 e. The van der Waals surface area contributed by atoms with Crippen molar-refractivity contribution in [2.75, 3.05) is 52.9 Å². The van der Waals surface area contributed by atoms with Crippen LogP contribution in [-0.2, 0) is 4.79 Å². The first-order valence-electron chi connectivity index (χ1n) is 7.35. The fourth-order valence-electron chi connectivity index (χ4n) is 2.38. The summed E-state index contributed by atoms with van der Waals surface area (Å²) in [5, 5.41) is 12.7. The van der Waals surface area contributed by atoms with Crippen LogP contribution in [0.5, 0.6) is 0 Å². The van der Waals surface area contributed by atoms with Crippen molar-refractivity contribution in [2.24, 2.45) is 5.41 Å². The predicted octanol–water partition coefficient (Wildman–Crippen LogP) is 0.149. The molecule has 19 heavy (non-hydrogen) atoms. The summed E-state index contributed by atoms with van der Waals surface area (Å²) in [4.78, 5) is 16.2. The zero-order chi connectivity index (χ0) is 14.3. The summed E-state index contributed by atoms with van der Waals surface area (Å²) in [7, 11) is 2.08. The number of carbonyl (C=O) groups is 1. The van der Waals surface area contributed by atoms with Crippen LogP contribution in [0.3, 0.4) is 0 Å². The minimum Gasteiger partial charge on any atom is -0.396 e. The first kappa shape index (κ1) is 16.4. The Bertz CT molecular complexity index is 264. The molecule has 1 saturated heterocycles. The van der Waals surface area contributed by atoms with Crippen LogP contribution in [-0.4, -0.2) is 73.7 Å². The Morgan fingerprint density at radius 2 is 1.79 bits per heavy atom. The number of nitrogens with one attached hydrogen (secondary N) is 1. The third kappa shape index (κ3) is 4.75. The molecule has 0 aromatic carbocycles. The molecule has 1 fully saturated rings. The fraction of sp³-hybridized carbons (Fsp3) is 0.929. The molecule has 1 aliphatic rings. The van der Waals surface area contributed by atoms with E-state index in [1.54, 1.807) is 0 Å². The molecule has 1 heterocycles. The SMILES string of the molecule is CCC(CC)(CO)CNCC(=O)N1CCN(C)CC1. The Hall–Kier alpha value is -0.650. The van der Waals surface area contributed by atoms with Crippen LogP contribution in [0.4, 0.5) is 0 Å². The largest absolute Gasteiger partial charge is 0.396 e. The first-order valence-corrected chi connectivity index (χ1v) is 7.35. The molecule has 0 bridgehead atoms. The zero-order valence-electron chi connectivity index (χ0n) is 12.6. The average Bonchev–Trinajstić information content (AvgIpc) is 2.45. The van der Waals surface area contributed by atoms with Gasteiger partial charge in [0.05, 0.1) is 6.54 Å². The summed E-state index contributed by atoms with van der Waals surface area (Å²) >= 11 is 0. The normalized spacial score (nSPS) is 17.8. The first-order chi connectivity index (χ1) is 9.06. The zero-order valence-corrected chi connectivity index (χ0v) is 12.6. The molecule has 0 saturated carbocycles. The van der Waals surface area contributed by atoms with Gasteiger partial charge in [0, 0.05) is 44.7 Å². The third-order valence-electron chi connectivity index (χ3n) is 4.47. The number of carbonyl (C=O) groups excluding carboxylic acids is 1. The molecule has 1 aliphatic heterocycles. The number of hydrogen-bond donors (Lipinski definition) is 2. The molecule has 0 aromatic heterocycles. The summed E-state index contributed by atoms with van der Waals surface area (Å²) < 4.78 is 0. The lowest BCUT2D eigenvalue weighted by Crippen LogP contribution is -2.50. The van der Waals surface area contributed by atoms with Crippen molar-refractivity contribution in [3.8, 4) is 0 Å². The van der Waals surface area contributed by atoms with Gasteiger partial charge in [-0.1, -0.05) is 13.8 Å². The maximum Gasteiger partial charge on any atom is 0.236 e. The number of aliphatic hydroxyl groups excluding tert-OH is 1. The topological polar surface area (TPSA) is 55.8 Å². The van der Waals surface area contributed by atoms with E-state index in [1.165, 1.54) is 0 Å². The van der Waals surface area contributed by atoms with E-state index < -0.39 is 0 Å². The van der Waals surface area contributed by atoms with E-state index in [4.69, 9.17) is 0 Å². The van der Waals surface area contributed by atoms with Crippen molar-refractivity contribution in [2.45, 2.75) is 26.7 Å². The Kier molecular flexibility index (Phi) is 6.75. The van der Waals surface area contributed by atoms with Crippen LogP contribution in [0.2, 0.25) is 0 Å². The highest BCUT2D eigenvalue weighted by Gasteiger charge is 2.25. The predicted molar refractivity (Wildman–Crippen MR) is 77.0 cm³/mol. The monoisotopic (exact) mass is 271 g/mol. The molecule has 0 aromatic rings. The van der Waals surface area contributed by atoms with Gasteiger partial charge in [-0.25, -0.2) is 0 Å². The molecule has 0 unspecified atom stereocenters. The number of piperazine rings is 1. The Labute approximate surface area is 117 Å². The minimum absolute atomic E-state index is 0.0810. The average molecular weight is 271 g/mol. The molecule has 0 aliphatic carbocycles. The standard InChI is InChI=1S/C14H29N3O2/c1-4-14(5-2,12-18)11-15-10-13(19)17-8-6-16(3)7-9-17/h15,18H,4-12H2,1-3H3. The van der Waals surface area contributed by atoms with Crippen LogP contribution >= 0.6 is 0 Å². The highest BCUT2D eigenvalue weighted by Crippen LogP contribution is 2.24. The molecule has 112 valence electrons. The van der Waals surface area contributed by atoms with Gasteiger partial charge in [-0.05, 0) is 19.9 Å². The van der Waals surface area contributed by atoms with E-state index in [0.717, 1.165) is 39.0 Å². The maximum absolute atomic E-state index is 12.0. The molecular weight excluding hydrogens is 242 g/mol. The van der Waals surface area contributed by atoms with Crippen LogP contribution in [0.25, 0.3) is 0 Å². The molecule has 2 N–H and O–H groups in total. The van der Waals surface area contributed by atoms with E-state index in [2.05, 4.69) is 31.1 Å². The van der Waals surface area contributed by atoms with Gasteiger partial charge < -0.3 is 20.2 Å². The molecule has 0 spiro atoms. The van der Waals surface area contributed by atoms with E-state index in [-0.39, 0.29) is 17.9 Å². The highest BCUT2D eigenvalue weighted by atomic mass is 16.3. The molecule has 0 radical (unpaired) electrons. The quantitative estimate of drug-likeness (QED) is 0.692. The summed E-state index contributed by atoms with van der Waals surface area (Å²) in [6, 6.07) is 0. The second kappa shape index (κ2) is 7.82. The van der Waals surface area contributed by atoms with Crippen LogP contribution in [0.1, 0.15) is 26.7 Å². The van der Waals surface area contributed by atoms with Crippen LogP contribution in [0, 0.1) is 5.41 Å². The molecule has 0 atom stereocenters. The third-order valence-corrected chi connectivity index (χ3v) is 4.47. The molecule has 1 rings (SSSR count). The van der Waals surface area contributed by atoms with Gasteiger partial charge in [0.1, 0.15) is 0 Å². The van der Waals surface area contributed by atoms with Crippen LogP contribution < -0.4 is 5.32 Å². The second-order valence-corrected chi connectivity index (χ2v) is 5.65. The number of hydrogen-bond acceptors (Lipinski definition) is 4. The summed E-state index contributed by atoms with van der Waals surface area (Å²) in [6.45, 7) is 8.99. The van der Waals surface area contributed by atoms with E-state index >= 15 is 0 Å². The van der Waals surface area contributed by atoms with Gasteiger partial charge in [0.15, 0.2) is 0 Å². The van der Waals surface area contributed by atoms with E-state index in [0.29, 0.717) is 13.1 Å². The van der Waals surface area contributed by atoms with Gasteiger partial charge in [-0.2, -0.15) is 0 Å². The van der Waals surface area contributed by atoms with Gasteiger partial charge in [0.2, 0.25) is 5.91 Å². The highest BCUT2D eigenvalue weighted by molar-refractivity contribution is 5.78. The number of amides is 1. The van der Waals surface area contributed by atoms with Crippen molar-refractivity contribution in [1.82, 2.24) is 15.1 Å². The van der Waals surface area contributed by atoms with Crippen molar-refractivity contribution in [3.05, 3.63) is 0 Å². The van der Waals surface area contributed by atoms with Crippen molar-refractivity contribution >= 4 is 5.91 Å². The number of rotatable bonds is 7. The van der Waals surface area contributed by atoms with Crippen molar-refractivity contribution < 1.29 is 9.90 Å².